The molecule has 1 aromatic rings. The molecule has 136 valence electrons. The van der Waals surface area contributed by atoms with Crippen LogP contribution >= 0.6 is 0 Å². The highest BCUT2D eigenvalue weighted by Crippen LogP contribution is 2.26. The number of aliphatic hydroxyl groups excluding tert-OH is 2. The average molecular weight is 356 g/mol. The van der Waals surface area contributed by atoms with Crippen molar-refractivity contribution >= 4 is 9.73 Å². The molecule has 1 heterocycles. The molecule has 1 aromatic carbocycles. The lowest BCUT2D eigenvalue weighted by atomic mass is 10.1. The standard InChI is InChI=1S/C18H29NO4S/c1-12(2)17(10-20)19-24(22,16-7-5-13(3)6-8-16)11-15-9-18(21)14(4)23-15/h5-8,12,14-15,17-18,20-21H,9-11H2,1-4H3/t14-,15-,17-,18+,24-/m1/s1. The Morgan fingerprint density at radius 3 is 2.42 bits per heavy atom. The van der Waals surface area contributed by atoms with Gasteiger partial charge in [0.2, 0.25) is 0 Å². The summed E-state index contributed by atoms with van der Waals surface area (Å²) in [5.41, 5.74) is 1.09. The molecule has 5 nitrogen and oxygen atoms in total. The highest BCUT2D eigenvalue weighted by atomic mass is 32.2. The molecule has 0 radical (unpaired) electrons. The van der Waals surface area contributed by atoms with Crippen LogP contribution in [0.1, 0.15) is 32.8 Å². The van der Waals surface area contributed by atoms with Gasteiger partial charge in [0, 0.05) is 11.3 Å². The number of aryl methyl sites for hydroxylation is 1. The van der Waals surface area contributed by atoms with Crippen LogP contribution in [0.5, 0.6) is 0 Å². The van der Waals surface area contributed by atoms with Crippen LogP contribution in [0.2, 0.25) is 0 Å². The van der Waals surface area contributed by atoms with E-state index >= 15 is 0 Å². The minimum atomic E-state index is -2.74. The van der Waals surface area contributed by atoms with E-state index in [1.807, 2.05) is 52.0 Å². The minimum Gasteiger partial charge on any atom is -0.394 e. The van der Waals surface area contributed by atoms with E-state index in [4.69, 9.17) is 4.74 Å². The van der Waals surface area contributed by atoms with Gasteiger partial charge in [0.25, 0.3) is 0 Å². The molecule has 0 aromatic heterocycles. The third-order valence-electron chi connectivity index (χ3n) is 4.52. The predicted molar refractivity (Wildman–Crippen MR) is 95.6 cm³/mol. The number of benzene rings is 1. The van der Waals surface area contributed by atoms with Gasteiger partial charge in [0.05, 0.1) is 46.4 Å². The minimum absolute atomic E-state index is 0.0929. The molecule has 6 heteroatoms. The van der Waals surface area contributed by atoms with Crippen molar-refractivity contribution < 1.29 is 19.2 Å². The van der Waals surface area contributed by atoms with Gasteiger partial charge >= 0.3 is 0 Å². The Hall–Kier alpha value is -0.950. The van der Waals surface area contributed by atoms with E-state index in [9.17, 15) is 14.4 Å². The summed E-state index contributed by atoms with van der Waals surface area (Å²) in [6.07, 6.45) is -0.616. The quantitative estimate of drug-likeness (QED) is 0.821. The third-order valence-corrected chi connectivity index (χ3v) is 6.96. The van der Waals surface area contributed by atoms with Crippen molar-refractivity contribution in [1.82, 2.24) is 0 Å². The fraction of sp³-hybridized carbons (Fsp3) is 0.667. The van der Waals surface area contributed by atoms with Crippen LogP contribution in [-0.2, 0) is 14.5 Å². The second-order valence-electron chi connectivity index (χ2n) is 6.99. The molecule has 2 N–H and O–H groups in total. The van der Waals surface area contributed by atoms with Gasteiger partial charge in [-0.05, 0) is 31.9 Å². The second kappa shape index (κ2) is 7.95. The van der Waals surface area contributed by atoms with Gasteiger partial charge in [-0.3, -0.25) is 0 Å². The van der Waals surface area contributed by atoms with Crippen molar-refractivity contribution in [3.05, 3.63) is 29.8 Å². The van der Waals surface area contributed by atoms with Crippen LogP contribution in [0.4, 0.5) is 0 Å². The highest BCUT2D eigenvalue weighted by Gasteiger charge is 2.34. The number of hydrogen-bond donors (Lipinski definition) is 2. The molecule has 5 atom stereocenters. The Morgan fingerprint density at radius 2 is 1.96 bits per heavy atom. The van der Waals surface area contributed by atoms with Gasteiger partial charge in [-0.15, -0.1) is 0 Å². The Labute approximate surface area is 145 Å². The molecule has 0 amide bonds. The van der Waals surface area contributed by atoms with Gasteiger partial charge in [-0.1, -0.05) is 31.5 Å². The number of rotatable bonds is 6. The summed E-state index contributed by atoms with van der Waals surface area (Å²) in [6.45, 7) is 7.57. The maximum Gasteiger partial charge on any atom is 0.0850 e. The SMILES string of the molecule is Cc1ccc([S@](=O)(C[C@H]2C[C@H](O)[C@@H](C)O2)=N[C@H](CO)C(C)C)cc1. The predicted octanol–water partition coefficient (Wildman–Crippen LogP) is 2.38. The maximum atomic E-state index is 13.7. The molecule has 0 unspecified atom stereocenters. The van der Waals surface area contributed by atoms with Crippen molar-refractivity contribution in [1.29, 1.82) is 0 Å². The van der Waals surface area contributed by atoms with E-state index in [0.29, 0.717) is 11.3 Å². The van der Waals surface area contributed by atoms with Crippen LogP contribution in [0.15, 0.2) is 33.5 Å². The number of aliphatic hydroxyl groups is 2. The van der Waals surface area contributed by atoms with E-state index in [-0.39, 0.29) is 36.5 Å². The van der Waals surface area contributed by atoms with Gasteiger partial charge in [-0.25, -0.2) is 8.57 Å². The van der Waals surface area contributed by atoms with E-state index in [1.165, 1.54) is 0 Å². The number of hydrogen-bond acceptors (Lipinski definition) is 5. The van der Waals surface area contributed by atoms with Crippen LogP contribution in [0, 0.1) is 12.8 Å². The van der Waals surface area contributed by atoms with E-state index in [1.54, 1.807) is 0 Å². The molecular weight excluding hydrogens is 326 g/mol. The first kappa shape index (κ1) is 19.4. The summed E-state index contributed by atoms with van der Waals surface area (Å²) in [5, 5.41) is 19.5. The summed E-state index contributed by atoms with van der Waals surface area (Å²) < 4.78 is 24.0. The highest BCUT2D eigenvalue weighted by molar-refractivity contribution is 7.93. The van der Waals surface area contributed by atoms with Crippen molar-refractivity contribution in [2.45, 2.75) is 63.4 Å². The molecule has 1 fully saturated rings. The first-order valence-electron chi connectivity index (χ1n) is 8.50. The molecule has 1 aliphatic heterocycles. The lowest BCUT2D eigenvalue weighted by molar-refractivity contribution is 0.0298. The van der Waals surface area contributed by atoms with Gasteiger partial charge < -0.3 is 14.9 Å². The van der Waals surface area contributed by atoms with Gasteiger partial charge in [0.15, 0.2) is 0 Å². The second-order valence-corrected chi connectivity index (χ2v) is 9.28. The molecule has 1 aliphatic rings. The fourth-order valence-electron chi connectivity index (χ4n) is 2.81. The van der Waals surface area contributed by atoms with Gasteiger partial charge in [0.1, 0.15) is 0 Å². The zero-order valence-corrected chi connectivity index (χ0v) is 15.7. The summed E-state index contributed by atoms with van der Waals surface area (Å²) in [6, 6.07) is 7.12. The lowest BCUT2D eigenvalue weighted by Gasteiger charge is -2.20. The summed E-state index contributed by atoms with van der Waals surface area (Å²) in [4.78, 5) is 0.657. The van der Waals surface area contributed by atoms with Crippen molar-refractivity contribution in [2.24, 2.45) is 10.3 Å². The Morgan fingerprint density at radius 1 is 1.33 bits per heavy atom. The normalized spacial score (nSPS) is 27.9. The third kappa shape index (κ3) is 4.57. The fourth-order valence-corrected chi connectivity index (χ4v) is 5.23. The zero-order chi connectivity index (χ0) is 17.9. The molecule has 0 saturated carbocycles. The van der Waals surface area contributed by atoms with Crippen molar-refractivity contribution in [2.75, 3.05) is 12.4 Å². The molecule has 0 aliphatic carbocycles. The number of ether oxygens (including phenoxy) is 1. The maximum absolute atomic E-state index is 13.7. The summed E-state index contributed by atoms with van der Waals surface area (Å²) in [7, 11) is -2.74. The summed E-state index contributed by atoms with van der Waals surface area (Å²) in [5.74, 6) is 0.330. The molecule has 2 rings (SSSR count). The Bertz CT molecular complexity index is 639. The first-order chi connectivity index (χ1) is 11.2. The Balaban J connectivity index is 2.39. The monoisotopic (exact) mass is 355 g/mol. The van der Waals surface area contributed by atoms with Gasteiger partial charge in [-0.2, -0.15) is 0 Å². The van der Waals surface area contributed by atoms with Crippen LogP contribution < -0.4 is 0 Å². The first-order valence-corrected chi connectivity index (χ1v) is 10.2. The van der Waals surface area contributed by atoms with E-state index in [0.717, 1.165) is 5.56 Å². The van der Waals surface area contributed by atoms with Crippen molar-refractivity contribution in [3.8, 4) is 0 Å². The average Bonchev–Trinajstić information content (AvgIpc) is 2.82. The lowest BCUT2D eigenvalue weighted by Crippen LogP contribution is -2.26. The number of nitrogens with zero attached hydrogens (tertiary/aromatic N) is 1. The Kier molecular flexibility index (Phi) is 6.42. The smallest absolute Gasteiger partial charge is 0.0850 e. The van der Waals surface area contributed by atoms with Crippen molar-refractivity contribution in [3.63, 3.8) is 0 Å². The summed E-state index contributed by atoms with van der Waals surface area (Å²) >= 11 is 0. The largest absolute Gasteiger partial charge is 0.394 e. The molecule has 24 heavy (non-hydrogen) atoms. The molecule has 1 saturated heterocycles. The van der Waals surface area contributed by atoms with Crippen LogP contribution in [-0.4, -0.2) is 51.1 Å². The molecule has 0 bridgehead atoms. The van der Waals surface area contributed by atoms with Crippen LogP contribution in [0.3, 0.4) is 0 Å². The zero-order valence-electron chi connectivity index (χ0n) is 14.9. The molecule has 0 spiro atoms. The van der Waals surface area contributed by atoms with Crippen LogP contribution in [0.25, 0.3) is 0 Å². The molecular formula is C18H29NO4S. The topological polar surface area (TPSA) is 79.1 Å². The van der Waals surface area contributed by atoms with E-state index < -0.39 is 15.8 Å². The van der Waals surface area contributed by atoms with E-state index in [2.05, 4.69) is 4.36 Å².